The largest absolute Gasteiger partial charge is 0.463 e. The summed E-state index contributed by atoms with van der Waals surface area (Å²) in [7, 11) is 0. The van der Waals surface area contributed by atoms with Gasteiger partial charge in [-0.3, -0.25) is 0 Å². The van der Waals surface area contributed by atoms with E-state index in [9.17, 15) is 4.39 Å². The summed E-state index contributed by atoms with van der Waals surface area (Å²) in [6.45, 7) is -1.06. The van der Waals surface area contributed by atoms with Gasteiger partial charge in [-0.15, -0.1) is 0 Å². The van der Waals surface area contributed by atoms with Crippen LogP contribution in [0.15, 0.2) is 22.7 Å². The molecule has 0 saturated carbocycles. The highest BCUT2D eigenvalue weighted by Crippen LogP contribution is 2.26. The minimum atomic E-state index is -0.885. The molecule has 1 rings (SSSR count). The smallest absolute Gasteiger partial charge is 0.228 e. The predicted octanol–water partition coefficient (Wildman–Crippen LogP) is 2.25. The minimum Gasteiger partial charge on any atom is -0.463 e. The highest BCUT2D eigenvalue weighted by molar-refractivity contribution is 9.10. The van der Waals surface area contributed by atoms with Crippen molar-refractivity contribution in [2.24, 2.45) is 0 Å². The van der Waals surface area contributed by atoms with Gasteiger partial charge in [0.2, 0.25) is 6.86 Å². The third-order valence-corrected chi connectivity index (χ3v) is 2.19. The normalized spacial score (nSPS) is 9.92. The van der Waals surface area contributed by atoms with Crippen LogP contribution in [0.5, 0.6) is 5.75 Å². The third kappa shape index (κ3) is 1.95. The zero-order valence-corrected chi connectivity index (χ0v) is 7.84. The Morgan fingerprint density at radius 1 is 1.50 bits per heavy atom. The van der Waals surface area contributed by atoms with Gasteiger partial charge in [-0.25, -0.2) is 4.39 Å². The fraction of sp³-hybridized carbons (Fsp3) is 0.250. The first kappa shape index (κ1) is 9.48. The summed E-state index contributed by atoms with van der Waals surface area (Å²) in [6.07, 6.45) is 0. The molecule has 66 valence electrons. The summed E-state index contributed by atoms with van der Waals surface area (Å²) in [5.41, 5.74) is 0.565. The summed E-state index contributed by atoms with van der Waals surface area (Å²) in [6, 6.07) is 5.08. The van der Waals surface area contributed by atoms with Gasteiger partial charge < -0.3 is 9.84 Å². The van der Waals surface area contributed by atoms with Crippen LogP contribution in [0, 0.1) is 0 Å². The molecule has 0 aliphatic rings. The van der Waals surface area contributed by atoms with Crippen LogP contribution >= 0.6 is 15.9 Å². The highest BCUT2D eigenvalue weighted by atomic mass is 79.9. The first-order valence-corrected chi connectivity index (χ1v) is 4.16. The molecule has 1 aromatic rings. The van der Waals surface area contributed by atoms with Gasteiger partial charge in [0.25, 0.3) is 0 Å². The van der Waals surface area contributed by atoms with Crippen molar-refractivity contribution in [1.29, 1.82) is 0 Å². The first-order chi connectivity index (χ1) is 5.79. The van der Waals surface area contributed by atoms with E-state index in [1.807, 2.05) is 0 Å². The Hall–Kier alpha value is -0.610. The minimum absolute atomic E-state index is 0.170. The molecular weight excluding hydrogens is 227 g/mol. The van der Waals surface area contributed by atoms with E-state index < -0.39 is 6.86 Å². The summed E-state index contributed by atoms with van der Waals surface area (Å²) in [5, 5.41) is 8.89. The lowest BCUT2D eigenvalue weighted by atomic mass is 10.2. The molecule has 0 atom stereocenters. The van der Waals surface area contributed by atoms with Gasteiger partial charge in [0.05, 0.1) is 6.61 Å². The van der Waals surface area contributed by atoms with Crippen LogP contribution in [-0.2, 0) is 6.61 Å². The Balaban J connectivity index is 3.00. The van der Waals surface area contributed by atoms with E-state index >= 15 is 0 Å². The van der Waals surface area contributed by atoms with Crippen molar-refractivity contribution in [3.8, 4) is 5.75 Å². The molecular formula is C8H8BrFO2. The first-order valence-electron chi connectivity index (χ1n) is 3.36. The van der Waals surface area contributed by atoms with Gasteiger partial charge in [-0.05, 0) is 12.1 Å². The number of aliphatic hydroxyl groups excluding tert-OH is 1. The molecule has 12 heavy (non-hydrogen) atoms. The van der Waals surface area contributed by atoms with Gasteiger partial charge in [0.15, 0.2) is 0 Å². The van der Waals surface area contributed by atoms with E-state index in [2.05, 4.69) is 20.7 Å². The molecule has 0 saturated heterocycles. The lowest BCUT2D eigenvalue weighted by Gasteiger charge is -2.07. The van der Waals surface area contributed by atoms with Gasteiger partial charge >= 0.3 is 0 Å². The average molecular weight is 235 g/mol. The molecule has 2 nitrogen and oxygen atoms in total. The highest BCUT2D eigenvalue weighted by Gasteiger charge is 2.05. The number of ether oxygens (including phenoxy) is 1. The van der Waals surface area contributed by atoms with Gasteiger partial charge in [0.1, 0.15) is 5.75 Å². The van der Waals surface area contributed by atoms with Crippen molar-refractivity contribution in [1.82, 2.24) is 0 Å². The summed E-state index contributed by atoms with van der Waals surface area (Å²) in [5.74, 6) is 0.370. The van der Waals surface area contributed by atoms with E-state index in [1.54, 1.807) is 18.2 Å². The number of aliphatic hydroxyl groups is 1. The Morgan fingerprint density at radius 3 is 2.83 bits per heavy atom. The van der Waals surface area contributed by atoms with E-state index in [0.29, 0.717) is 11.3 Å². The van der Waals surface area contributed by atoms with Crippen LogP contribution < -0.4 is 4.74 Å². The van der Waals surface area contributed by atoms with Crippen LogP contribution in [0.1, 0.15) is 5.56 Å². The van der Waals surface area contributed by atoms with Crippen LogP contribution in [0.4, 0.5) is 4.39 Å². The molecule has 0 heterocycles. The average Bonchev–Trinajstić information content (AvgIpc) is 2.05. The molecule has 0 radical (unpaired) electrons. The van der Waals surface area contributed by atoms with Crippen LogP contribution in [0.2, 0.25) is 0 Å². The van der Waals surface area contributed by atoms with Crippen LogP contribution in [0.3, 0.4) is 0 Å². The Labute approximate surface area is 78.1 Å². The number of halogens is 2. The second-order valence-corrected chi connectivity index (χ2v) is 2.98. The van der Waals surface area contributed by atoms with Gasteiger partial charge in [-0.2, -0.15) is 0 Å². The molecule has 0 fully saturated rings. The molecule has 0 amide bonds. The predicted molar refractivity (Wildman–Crippen MR) is 46.7 cm³/mol. The fourth-order valence-electron chi connectivity index (χ4n) is 0.886. The maximum Gasteiger partial charge on any atom is 0.228 e. The zero-order chi connectivity index (χ0) is 8.97. The molecule has 0 aromatic heterocycles. The van der Waals surface area contributed by atoms with Gasteiger partial charge in [0, 0.05) is 10.0 Å². The number of alkyl halides is 1. The second kappa shape index (κ2) is 4.42. The number of rotatable bonds is 3. The Kier molecular flexibility index (Phi) is 3.49. The second-order valence-electron chi connectivity index (χ2n) is 2.13. The molecule has 1 N–H and O–H groups in total. The zero-order valence-electron chi connectivity index (χ0n) is 6.26. The third-order valence-electron chi connectivity index (χ3n) is 1.44. The number of hydrogen-bond donors (Lipinski definition) is 1. The van der Waals surface area contributed by atoms with E-state index in [4.69, 9.17) is 5.11 Å². The lowest BCUT2D eigenvalue weighted by Crippen LogP contribution is -1.96. The van der Waals surface area contributed by atoms with E-state index in [-0.39, 0.29) is 6.61 Å². The van der Waals surface area contributed by atoms with Crippen molar-refractivity contribution < 1.29 is 14.2 Å². The van der Waals surface area contributed by atoms with Crippen LogP contribution in [-0.4, -0.2) is 12.0 Å². The quantitative estimate of drug-likeness (QED) is 0.870. The molecule has 0 spiro atoms. The lowest BCUT2D eigenvalue weighted by molar-refractivity contribution is 0.184. The Bertz CT molecular complexity index is 265. The Morgan fingerprint density at radius 2 is 2.25 bits per heavy atom. The molecule has 1 aromatic carbocycles. The topological polar surface area (TPSA) is 29.5 Å². The summed E-state index contributed by atoms with van der Waals surface area (Å²) >= 11 is 3.21. The number of benzene rings is 1. The molecule has 0 bridgehead atoms. The summed E-state index contributed by atoms with van der Waals surface area (Å²) in [4.78, 5) is 0. The monoisotopic (exact) mass is 234 g/mol. The SMILES string of the molecule is OCc1c(Br)cccc1OCF. The van der Waals surface area contributed by atoms with Crippen molar-refractivity contribution in [3.05, 3.63) is 28.2 Å². The van der Waals surface area contributed by atoms with Crippen molar-refractivity contribution in [2.75, 3.05) is 6.86 Å². The molecule has 0 aliphatic heterocycles. The maximum atomic E-state index is 11.8. The summed E-state index contributed by atoms with van der Waals surface area (Å²) < 4.78 is 17.2. The standard InChI is InChI=1S/C8H8BrFO2/c9-7-2-1-3-8(12-5-10)6(7)4-11/h1-3,11H,4-5H2. The fourth-order valence-corrected chi connectivity index (χ4v) is 1.36. The molecule has 0 unspecified atom stereocenters. The van der Waals surface area contributed by atoms with Gasteiger partial charge in [-0.1, -0.05) is 22.0 Å². The van der Waals surface area contributed by atoms with Crippen molar-refractivity contribution in [2.45, 2.75) is 6.61 Å². The maximum absolute atomic E-state index is 11.8. The van der Waals surface area contributed by atoms with E-state index in [0.717, 1.165) is 4.47 Å². The molecule has 4 heteroatoms. The van der Waals surface area contributed by atoms with Crippen LogP contribution in [0.25, 0.3) is 0 Å². The van der Waals surface area contributed by atoms with Crippen molar-refractivity contribution >= 4 is 15.9 Å². The van der Waals surface area contributed by atoms with Crippen molar-refractivity contribution in [3.63, 3.8) is 0 Å². The van der Waals surface area contributed by atoms with E-state index in [1.165, 1.54) is 0 Å². The molecule has 0 aliphatic carbocycles. The number of hydrogen-bond acceptors (Lipinski definition) is 2.